The molecular formula is C22H20Cl2N8O2. The summed E-state index contributed by atoms with van der Waals surface area (Å²) in [6, 6.07) is 3.34. The second-order valence-electron chi connectivity index (χ2n) is 8.94. The Kier molecular flexibility index (Phi) is 4.87. The number of anilines is 1. The van der Waals surface area contributed by atoms with Gasteiger partial charge in [0.05, 0.1) is 40.8 Å². The molecule has 4 aromatic heterocycles. The molecule has 2 atom stereocenters. The van der Waals surface area contributed by atoms with Gasteiger partial charge in [-0.15, -0.1) is 9.90 Å². The molecular weight excluding hydrogens is 479 g/mol. The molecule has 4 heterocycles. The zero-order valence-corrected chi connectivity index (χ0v) is 19.6. The monoisotopic (exact) mass is 498 g/mol. The van der Waals surface area contributed by atoms with Crippen molar-refractivity contribution in [2.75, 3.05) is 5.32 Å². The summed E-state index contributed by atoms with van der Waals surface area (Å²) in [5.41, 5.74) is 3.40. The van der Waals surface area contributed by atoms with Crippen molar-refractivity contribution >= 4 is 40.4 Å². The molecule has 34 heavy (non-hydrogen) atoms. The van der Waals surface area contributed by atoms with Crippen molar-refractivity contribution in [2.24, 2.45) is 0 Å². The zero-order chi connectivity index (χ0) is 23.6. The van der Waals surface area contributed by atoms with Crippen molar-refractivity contribution in [3.8, 4) is 5.82 Å². The summed E-state index contributed by atoms with van der Waals surface area (Å²) in [7, 11) is 0. The fraction of sp³-hybridized carbons (Fsp3) is 0.364. The maximum Gasteiger partial charge on any atom is 0.232 e. The fourth-order valence-corrected chi connectivity index (χ4v) is 5.44. The van der Waals surface area contributed by atoms with Crippen LogP contribution in [0.4, 0.5) is 5.69 Å². The second-order valence-corrected chi connectivity index (χ2v) is 9.74. The number of amides is 1. The summed E-state index contributed by atoms with van der Waals surface area (Å²) in [4.78, 5) is 23.4. The van der Waals surface area contributed by atoms with Crippen molar-refractivity contribution in [1.29, 1.82) is 0 Å². The smallest absolute Gasteiger partial charge is 0.232 e. The van der Waals surface area contributed by atoms with Crippen LogP contribution in [0, 0.1) is 0 Å². The van der Waals surface area contributed by atoms with Crippen molar-refractivity contribution in [2.45, 2.75) is 50.0 Å². The van der Waals surface area contributed by atoms with Crippen molar-refractivity contribution in [3.63, 3.8) is 0 Å². The van der Waals surface area contributed by atoms with Gasteiger partial charge < -0.3 is 10.4 Å². The number of carbonyl (C=O) groups is 1. The average Bonchev–Trinajstić information content (AvgIpc) is 3.47. The van der Waals surface area contributed by atoms with Crippen LogP contribution < -0.4 is 5.32 Å². The molecule has 1 spiro atoms. The number of rotatable bonds is 4. The van der Waals surface area contributed by atoms with Crippen LogP contribution in [-0.2, 0) is 10.2 Å². The van der Waals surface area contributed by atoms with Gasteiger partial charge in [-0.3, -0.25) is 4.79 Å². The molecule has 0 aromatic carbocycles. The molecule has 2 aliphatic rings. The minimum Gasteiger partial charge on any atom is -0.387 e. The van der Waals surface area contributed by atoms with E-state index in [-0.39, 0.29) is 22.3 Å². The number of nitrogens with one attached hydrogen (secondary N) is 1. The maximum absolute atomic E-state index is 13.4. The van der Waals surface area contributed by atoms with E-state index in [1.807, 2.05) is 0 Å². The predicted molar refractivity (Wildman–Crippen MR) is 124 cm³/mol. The Bertz CT molecular complexity index is 1440. The first kappa shape index (κ1) is 21.5. The minimum absolute atomic E-state index is 0.0824. The van der Waals surface area contributed by atoms with Crippen molar-refractivity contribution in [3.05, 3.63) is 57.9 Å². The lowest BCUT2D eigenvalue weighted by Gasteiger charge is -2.39. The molecule has 6 rings (SSSR count). The second kappa shape index (κ2) is 7.72. The third-order valence-electron chi connectivity index (χ3n) is 6.80. The number of nitrogens with zero attached hydrogens (tertiary/aromatic N) is 7. The van der Waals surface area contributed by atoms with Crippen LogP contribution in [0.2, 0.25) is 10.2 Å². The van der Waals surface area contributed by atoms with E-state index in [0.717, 1.165) is 30.5 Å². The number of aliphatic hydroxyl groups excluding tert-OH is 1. The van der Waals surface area contributed by atoms with Crippen LogP contribution in [0.5, 0.6) is 0 Å². The maximum atomic E-state index is 13.4. The predicted octanol–water partition coefficient (Wildman–Crippen LogP) is 3.61. The van der Waals surface area contributed by atoms with E-state index in [4.69, 9.17) is 23.2 Å². The van der Waals surface area contributed by atoms with Gasteiger partial charge in [-0.2, -0.15) is 10.2 Å². The van der Waals surface area contributed by atoms with Crippen molar-refractivity contribution < 1.29 is 9.90 Å². The minimum atomic E-state index is -0.757. The molecule has 1 amide bonds. The van der Waals surface area contributed by atoms with Gasteiger partial charge >= 0.3 is 0 Å². The molecule has 10 nitrogen and oxygen atoms in total. The number of carbonyl (C=O) groups excluding carboxylic acids is 1. The Morgan fingerprint density at radius 3 is 2.71 bits per heavy atom. The molecule has 0 bridgehead atoms. The summed E-state index contributed by atoms with van der Waals surface area (Å²) in [6.07, 6.45) is 7.81. The van der Waals surface area contributed by atoms with Crippen LogP contribution in [0.15, 0.2) is 30.7 Å². The number of aromatic nitrogens is 7. The topological polar surface area (TPSA) is 123 Å². The van der Waals surface area contributed by atoms with Gasteiger partial charge in [0.2, 0.25) is 5.91 Å². The summed E-state index contributed by atoms with van der Waals surface area (Å²) in [5, 5.41) is 26.0. The van der Waals surface area contributed by atoms with E-state index in [9.17, 15) is 9.90 Å². The van der Waals surface area contributed by atoms with Gasteiger partial charge in [0.1, 0.15) is 5.69 Å². The number of fused-ring (bicyclic) bond motifs is 4. The first-order valence-corrected chi connectivity index (χ1v) is 11.7. The SMILES string of the molecule is CC(O)c1cnn(-c2ncc(NC(=O)[C@@H]3CC4(CCC4)c4c3cnc3cc(Cl)nn43)cc2Cl)n1. The zero-order valence-electron chi connectivity index (χ0n) is 18.1. The largest absolute Gasteiger partial charge is 0.387 e. The lowest BCUT2D eigenvalue weighted by atomic mass is 9.66. The van der Waals surface area contributed by atoms with Crippen LogP contribution in [0.3, 0.4) is 0 Å². The van der Waals surface area contributed by atoms with Gasteiger partial charge in [0, 0.05) is 23.2 Å². The average molecular weight is 499 g/mol. The highest BCUT2D eigenvalue weighted by Crippen LogP contribution is 2.56. The third kappa shape index (κ3) is 3.28. The highest BCUT2D eigenvalue weighted by Gasteiger charge is 2.52. The highest BCUT2D eigenvalue weighted by atomic mass is 35.5. The van der Waals surface area contributed by atoms with Crippen molar-refractivity contribution in [1.82, 2.24) is 34.6 Å². The van der Waals surface area contributed by atoms with Gasteiger partial charge in [-0.25, -0.2) is 14.5 Å². The Morgan fingerprint density at radius 1 is 1.21 bits per heavy atom. The molecule has 1 unspecified atom stereocenters. The number of pyridine rings is 1. The van der Waals surface area contributed by atoms with E-state index < -0.39 is 6.10 Å². The van der Waals surface area contributed by atoms with E-state index in [2.05, 4.69) is 30.6 Å². The van der Waals surface area contributed by atoms with Gasteiger partial charge in [-0.05, 0) is 32.3 Å². The van der Waals surface area contributed by atoms with E-state index in [1.165, 1.54) is 17.2 Å². The molecule has 0 radical (unpaired) electrons. The standard InChI is InChI=1S/C22H20Cl2N8O2/c1-11(33)16-10-27-32(29-16)20-15(23)5-12(8-26-20)28-21(34)13-7-22(3-2-4-22)19-14(13)9-25-18-6-17(24)30-31(18)19/h5-6,8-11,13,33H,2-4,7H2,1H3,(H,28,34)/t11?,13-/m1/s1. The molecule has 0 aliphatic heterocycles. The van der Waals surface area contributed by atoms with Crippen LogP contribution in [0.25, 0.3) is 11.5 Å². The quantitative estimate of drug-likeness (QED) is 0.440. The number of hydrogen-bond acceptors (Lipinski definition) is 7. The Morgan fingerprint density at radius 2 is 2.03 bits per heavy atom. The number of halogens is 2. The van der Waals surface area contributed by atoms with Crippen LogP contribution >= 0.6 is 23.2 Å². The van der Waals surface area contributed by atoms with Gasteiger partial charge in [-0.1, -0.05) is 29.6 Å². The summed E-state index contributed by atoms with van der Waals surface area (Å²) < 4.78 is 1.80. The molecule has 1 saturated carbocycles. The van der Waals surface area contributed by atoms with E-state index in [1.54, 1.807) is 29.8 Å². The summed E-state index contributed by atoms with van der Waals surface area (Å²) in [6.45, 7) is 1.60. The van der Waals surface area contributed by atoms with E-state index in [0.29, 0.717) is 34.4 Å². The lowest BCUT2D eigenvalue weighted by Crippen LogP contribution is -2.34. The van der Waals surface area contributed by atoms with Crippen LogP contribution in [0.1, 0.15) is 61.6 Å². The fourth-order valence-electron chi connectivity index (χ4n) is 5.02. The molecule has 4 aromatic rings. The lowest BCUT2D eigenvalue weighted by molar-refractivity contribution is -0.117. The first-order valence-electron chi connectivity index (χ1n) is 11.0. The summed E-state index contributed by atoms with van der Waals surface area (Å²) >= 11 is 12.6. The van der Waals surface area contributed by atoms with E-state index >= 15 is 0 Å². The first-order chi connectivity index (χ1) is 16.3. The Balaban J connectivity index is 1.28. The molecule has 2 N–H and O–H groups in total. The molecule has 2 aliphatic carbocycles. The number of aliphatic hydroxyl groups is 1. The van der Waals surface area contributed by atoms with Gasteiger partial charge in [0.15, 0.2) is 16.6 Å². The normalized spacial score (nSPS) is 19.2. The van der Waals surface area contributed by atoms with Crippen LogP contribution in [-0.4, -0.2) is 45.6 Å². The number of hydrogen-bond donors (Lipinski definition) is 2. The third-order valence-corrected chi connectivity index (χ3v) is 7.26. The summed E-state index contributed by atoms with van der Waals surface area (Å²) in [5.74, 6) is -0.216. The Labute approximate surface area is 203 Å². The molecule has 0 saturated heterocycles. The highest BCUT2D eigenvalue weighted by molar-refractivity contribution is 6.32. The Hall–Kier alpha value is -3.08. The molecule has 1 fully saturated rings. The molecule has 12 heteroatoms. The molecule has 174 valence electrons. The van der Waals surface area contributed by atoms with Gasteiger partial charge in [0.25, 0.3) is 0 Å².